The number of nitrogens with one attached hydrogen (secondary N) is 1. The Kier molecular flexibility index (Phi) is 4.43. The van der Waals surface area contributed by atoms with E-state index in [2.05, 4.69) is 31.3 Å². The van der Waals surface area contributed by atoms with E-state index in [1.165, 1.54) is 0 Å². The van der Waals surface area contributed by atoms with Crippen LogP contribution in [0.5, 0.6) is 0 Å². The third-order valence-corrected chi connectivity index (χ3v) is 4.68. The van der Waals surface area contributed by atoms with Crippen LogP contribution in [0.4, 0.5) is 5.69 Å². The van der Waals surface area contributed by atoms with Crippen molar-refractivity contribution < 1.29 is 4.79 Å². The SMILES string of the molecule is CCC(Br)C(=O)Nc1cnc2c(c1)c(C)nn2-c1ccccc1. The number of pyridine rings is 1. The Morgan fingerprint density at radius 2 is 2.09 bits per heavy atom. The van der Waals surface area contributed by atoms with E-state index < -0.39 is 0 Å². The number of benzene rings is 1. The monoisotopic (exact) mass is 372 g/mol. The van der Waals surface area contributed by atoms with Crippen LogP contribution in [0.1, 0.15) is 19.0 Å². The zero-order valence-corrected chi connectivity index (χ0v) is 14.5. The lowest BCUT2D eigenvalue weighted by Crippen LogP contribution is -2.22. The van der Waals surface area contributed by atoms with Gasteiger partial charge in [0.25, 0.3) is 0 Å². The maximum absolute atomic E-state index is 12.0. The summed E-state index contributed by atoms with van der Waals surface area (Å²) >= 11 is 3.35. The van der Waals surface area contributed by atoms with Crippen LogP contribution >= 0.6 is 15.9 Å². The van der Waals surface area contributed by atoms with E-state index in [0.29, 0.717) is 5.69 Å². The predicted octanol–water partition coefficient (Wildman–Crippen LogP) is 3.84. The number of nitrogens with zero attached hydrogens (tertiary/aromatic N) is 3. The topological polar surface area (TPSA) is 59.8 Å². The number of hydrogen-bond donors (Lipinski definition) is 1. The highest BCUT2D eigenvalue weighted by atomic mass is 79.9. The zero-order valence-electron chi connectivity index (χ0n) is 13.0. The van der Waals surface area contributed by atoms with Gasteiger partial charge in [-0.2, -0.15) is 5.10 Å². The number of amides is 1. The average Bonchev–Trinajstić information content (AvgIpc) is 2.91. The van der Waals surface area contributed by atoms with Gasteiger partial charge in [0.05, 0.1) is 28.1 Å². The summed E-state index contributed by atoms with van der Waals surface area (Å²) in [4.78, 5) is 16.3. The molecule has 0 aliphatic carbocycles. The number of rotatable bonds is 4. The highest BCUT2D eigenvalue weighted by Crippen LogP contribution is 2.23. The van der Waals surface area contributed by atoms with Gasteiger partial charge in [-0.25, -0.2) is 9.67 Å². The molecule has 3 rings (SSSR count). The van der Waals surface area contributed by atoms with Gasteiger partial charge in [0.15, 0.2) is 5.65 Å². The van der Waals surface area contributed by atoms with Crippen molar-refractivity contribution in [3.8, 4) is 5.69 Å². The molecule has 1 amide bonds. The van der Waals surface area contributed by atoms with Crippen molar-refractivity contribution in [3.63, 3.8) is 0 Å². The molecule has 0 fully saturated rings. The van der Waals surface area contributed by atoms with Crippen molar-refractivity contribution in [3.05, 3.63) is 48.3 Å². The zero-order chi connectivity index (χ0) is 16.4. The minimum Gasteiger partial charge on any atom is -0.324 e. The molecule has 6 heteroatoms. The molecule has 1 unspecified atom stereocenters. The molecule has 0 spiro atoms. The number of aromatic nitrogens is 3. The summed E-state index contributed by atoms with van der Waals surface area (Å²) in [5, 5.41) is 8.36. The van der Waals surface area contributed by atoms with Crippen LogP contribution < -0.4 is 5.32 Å². The van der Waals surface area contributed by atoms with Gasteiger partial charge < -0.3 is 5.32 Å². The first-order valence-corrected chi connectivity index (χ1v) is 8.37. The molecule has 2 heterocycles. The van der Waals surface area contributed by atoms with Gasteiger partial charge in [0.2, 0.25) is 5.91 Å². The smallest absolute Gasteiger partial charge is 0.238 e. The molecule has 0 radical (unpaired) electrons. The Labute approximate surface area is 142 Å². The third kappa shape index (κ3) is 3.12. The summed E-state index contributed by atoms with van der Waals surface area (Å²) in [6, 6.07) is 11.8. The van der Waals surface area contributed by atoms with E-state index in [9.17, 15) is 4.79 Å². The molecule has 5 nitrogen and oxygen atoms in total. The number of carbonyl (C=O) groups is 1. The largest absolute Gasteiger partial charge is 0.324 e. The number of para-hydroxylation sites is 1. The fourth-order valence-corrected chi connectivity index (χ4v) is 2.48. The maximum atomic E-state index is 12.0. The minimum absolute atomic E-state index is 0.0678. The molecule has 1 aromatic carbocycles. The van der Waals surface area contributed by atoms with Crippen molar-refractivity contribution in [2.75, 3.05) is 5.32 Å². The first-order chi connectivity index (χ1) is 11.1. The molecule has 1 N–H and O–H groups in total. The number of fused-ring (bicyclic) bond motifs is 1. The van der Waals surface area contributed by atoms with Gasteiger partial charge in [-0.05, 0) is 31.5 Å². The van der Waals surface area contributed by atoms with Crippen molar-refractivity contribution >= 4 is 38.6 Å². The first kappa shape index (κ1) is 15.7. The summed E-state index contributed by atoms with van der Waals surface area (Å²) in [6.07, 6.45) is 2.39. The van der Waals surface area contributed by atoms with Crippen molar-refractivity contribution in [2.24, 2.45) is 0 Å². The van der Waals surface area contributed by atoms with Gasteiger partial charge in [-0.3, -0.25) is 4.79 Å². The van der Waals surface area contributed by atoms with E-state index >= 15 is 0 Å². The molecule has 2 aromatic heterocycles. The lowest BCUT2D eigenvalue weighted by Gasteiger charge is -2.08. The van der Waals surface area contributed by atoms with E-state index in [1.807, 2.05) is 54.9 Å². The van der Waals surface area contributed by atoms with E-state index in [0.717, 1.165) is 28.8 Å². The Balaban J connectivity index is 1.99. The number of hydrogen-bond acceptors (Lipinski definition) is 3. The van der Waals surface area contributed by atoms with E-state index in [4.69, 9.17) is 0 Å². The van der Waals surface area contributed by atoms with E-state index in [1.54, 1.807) is 6.20 Å². The molecule has 1 atom stereocenters. The second kappa shape index (κ2) is 6.50. The predicted molar refractivity (Wildman–Crippen MR) is 95.2 cm³/mol. The molecule has 0 bridgehead atoms. The molecular formula is C17H17BrN4O. The molecule has 0 saturated carbocycles. The van der Waals surface area contributed by atoms with Gasteiger partial charge in [-0.1, -0.05) is 41.1 Å². The fraction of sp³-hybridized carbons (Fsp3) is 0.235. The number of halogens is 1. The van der Waals surface area contributed by atoms with Crippen LogP contribution in [0.15, 0.2) is 42.6 Å². The normalized spacial score (nSPS) is 12.3. The van der Waals surface area contributed by atoms with Crippen LogP contribution in [0.25, 0.3) is 16.7 Å². The second-order valence-corrected chi connectivity index (χ2v) is 6.40. The lowest BCUT2D eigenvalue weighted by molar-refractivity contribution is -0.115. The van der Waals surface area contributed by atoms with E-state index in [-0.39, 0.29) is 10.7 Å². The van der Waals surface area contributed by atoms with Crippen molar-refractivity contribution in [2.45, 2.75) is 25.1 Å². The summed E-state index contributed by atoms with van der Waals surface area (Å²) < 4.78 is 1.82. The Hall–Kier alpha value is -2.21. The molecule has 0 saturated heterocycles. The van der Waals surface area contributed by atoms with Crippen LogP contribution in [0.2, 0.25) is 0 Å². The average molecular weight is 373 g/mol. The molecule has 0 aliphatic rings. The summed E-state index contributed by atoms with van der Waals surface area (Å²) in [5.41, 5.74) is 3.29. The molecule has 0 aliphatic heterocycles. The van der Waals surface area contributed by atoms with Crippen LogP contribution in [0.3, 0.4) is 0 Å². The van der Waals surface area contributed by atoms with Gasteiger partial charge in [-0.15, -0.1) is 0 Å². The minimum atomic E-state index is -0.202. The number of alkyl halides is 1. The standard InChI is InChI=1S/C17H17BrN4O/c1-3-15(18)17(23)20-12-9-14-11(2)21-22(16(14)19-10-12)13-7-5-4-6-8-13/h4-10,15H,3H2,1-2H3,(H,20,23). The highest BCUT2D eigenvalue weighted by Gasteiger charge is 2.15. The summed E-state index contributed by atoms with van der Waals surface area (Å²) in [6.45, 7) is 3.89. The Bertz CT molecular complexity index is 844. The number of aryl methyl sites for hydroxylation is 1. The molecule has 23 heavy (non-hydrogen) atoms. The van der Waals surface area contributed by atoms with Crippen LogP contribution in [-0.2, 0) is 4.79 Å². The van der Waals surface area contributed by atoms with Crippen molar-refractivity contribution in [1.29, 1.82) is 0 Å². The third-order valence-electron chi connectivity index (χ3n) is 3.62. The van der Waals surface area contributed by atoms with Gasteiger partial charge >= 0.3 is 0 Å². The van der Waals surface area contributed by atoms with Gasteiger partial charge in [0.1, 0.15) is 0 Å². The highest BCUT2D eigenvalue weighted by molar-refractivity contribution is 9.10. The Morgan fingerprint density at radius 3 is 2.78 bits per heavy atom. The molecular weight excluding hydrogens is 356 g/mol. The Morgan fingerprint density at radius 1 is 1.35 bits per heavy atom. The van der Waals surface area contributed by atoms with Gasteiger partial charge in [0, 0.05) is 5.39 Å². The molecule has 3 aromatic rings. The fourth-order valence-electron chi connectivity index (χ4n) is 2.37. The van der Waals surface area contributed by atoms with Crippen LogP contribution in [-0.4, -0.2) is 25.5 Å². The quantitative estimate of drug-likeness (QED) is 0.707. The number of anilines is 1. The molecule has 118 valence electrons. The summed E-state index contributed by atoms with van der Waals surface area (Å²) in [7, 11) is 0. The second-order valence-electron chi connectivity index (χ2n) is 5.29. The lowest BCUT2D eigenvalue weighted by atomic mass is 10.2. The maximum Gasteiger partial charge on any atom is 0.238 e. The van der Waals surface area contributed by atoms with Crippen LogP contribution in [0, 0.1) is 6.92 Å². The summed E-state index contributed by atoms with van der Waals surface area (Å²) in [5.74, 6) is -0.0678. The van der Waals surface area contributed by atoms with Crippen molar-refractivity contribution in [1.82, 2.24) is 14.8 Å². The number of carbonyl (C=O) groups excluding carboxylic acids is 1. The first-order valence-electron chi connectivity index (χ1n) is 7.46.